The summed E-state index contributed by atoms with van der Waals surface area (Å²) in [5.74, 6) is -6.85. The Bertz CT molecular complexity index is 1390. The molecule has 0 bridgehead atoms. The number of anilines is 1. The second-order valence-electron chi connectivity index (χ2n) is 9.06. The maximum Gasteiger partial charge on any atom is 0.394 e. The number of hydrogen-bond acceptors (Lipinski definition) is 11. The van der Waals surface area contributed by atoms with E-state index in [2.05, 4.69) is 0 Å². The molecular weight excluding hydrogens is 629 g/mol. The van der Waals surface area contributed by atoms with Crippen LogP contribution in [0.5, 0.6) is 5.75 Å². The summed E-state index contributed by atoms with van der Waals surface area (Å²) in [6, 6.07) is 0.445. The number of carbonyl (C=O) groups is 3. The van der Waals surface area contributed by atoms with E-state index in [1.54, 1.807) is 20.2 Å². The minimum atomic E-state index is -4.67. The monoisotopic (exact) mass is 653 g/mol. The van der Waals surface area contributed by atoms with Crippen molar-refractivity contribution in [1.82, 2.24) is 4.90 Å². The Hall–Kier alpha value is -2.77. The molecule has 1 aromatic carbocycles. The predicted octanol–water partition coefficient (Wildman–Crippen LogP) is -0.502. The van der Waals surface area contributed by atoms with Gasteiger partial charge in [-0.2, -0.15) is 8.42 Å². The number of phenols is 1. The fourth-order valence-electron chi connectivity index (χ4n) is 5.29. The number of nitrogens with zero attached hydrogens (tertiary/aromatic N) is 1. The molecular formula is C21H24IN3O11S. The van der Waals surface area contributed by atoms with Gasteiger partial charge in [0, 0.05) is 15.1 Å². The number of phenolic OH excluding ortho intramolecular Hbond substituents is 1. The molecule has 1 aromatic rings. The minimum Gasteiger partial charge on any atom is -0.508 e. The lowest BCUT2D eigenvalue weighted by Gasteiger charge is -2.50. The summed E-state index contributed by atoms with van der Waals surface area (Å²) in [4.78, 5) is 40.0. The van der Waals surface area contributed by atoms with Gasteiger partial charge in [-0.1, -0.05) is 0 Å². The van der Waals surface area contributed by atoms with E-state index >= 15 is 0 Å². The first-order valence-corrected chi connectivity index (χ1v) is 13.0. The molecule has 0 aromatic heterocycles. The van der Waals surface area contributed by atoms with E-state index in [4.69, 9.17) is 29.0 Å². The molecule has 4 atom stereocenters. The number of aliphatic hydroxyl groups is 3. The molecule has 10 N–H and O–H groups in total. The van der Waals surface area contributed by atoms with Gasteiger partial charge in [-0.15, -0.1) is 0 Å². The zero-order valence-electron chi connectivity index (χ0n) is 19.3. The largest absolute Gasteiger partial charge is 0.508 e. The Labute approximate surface area is 224 Å². The van der Waals surface area contributed by atoms with Gasteiger partial charge in [0.25, 0.3) is 5.91 Å². The zero-order valence-corrected chi connectivity index (χ0v) is 22.3. The maximum atomic E-state index is 13.6. The van der Waals surface area contributed by atoms with Crippen LogP contribution in [0.2, 0.25) is 0 Å². The summed E-state index contributed by atoms with van der Waals surface area (Å²) in [5, 5.41) is 43.7. The van der Waals surface area contributed by atoms with Gasteiger partial charge in [0.05, 0.1) is 17.3 Å². The van der Waals surface area contributed by atoms with Gasteiger partial charge in [-0.25, -0.2) is 0 Å². The quantitative estimate of drug-likeness (QED) is 0.0659. The number of aliphatic hydroxyl groups excluding tert-OH is 2. The lowest BCUT2D eigenvalue weighted by atomic mass is 9.57. The third-order valence-electron chi connectivity index (χ3n) is 6.70. The first-order chi connectivity index (χ1) is 16.8. The first-order valence-electron chi connectivity index (χ1n) is 10.5. The Morgan fingerprint density at radius 2 is 1.73 bits per heavy atom. The average Bonchev–Trinajstić information content (AvgIpc) is 2.73. The average molecular weight is 653 g/mol. The van der Waals surface area contributed by atoms with Crippen LogP contribution in [0.4, 0.5) is 5.69 Å². The number of Topliss-reactive ketones (excluding diaryl/α,β-unsaturated/α-hetero) is 2. The molecule has 0 heterocycles. The lowest BCUT2D eigenvalue weighted by molar-refractivity contribution is -0.153. The second-order valence-corrected chi connectivity index (χ2v) is 11.1. The standard InChI is InChI=1S/C21H22IN3O7.H2O4S/c1-25(2)14-8-4-6-3-7-9(22)5-10(23)15(26)12(7)16(27)11(6)18(29)21(8,32)19(30)13(17(14)28)20(24)31;1-5(2,3)4/h5-6,8,14,26-27,30,32H,3-4,23H2,1-2H3,(H2,24,31);(H2,1,2,3,4)/t6?,8?,14-,21-;/m0./s1. The number of benzene rings is 1. The second kappa shape index (κ2) is 9.52. The number of primary amides is 1. The first kappa shape index (κ1) is 28.8. The van der Waals surface area contributed by atoms with Crippen LogP contribution in [0, 0.1) is 15.4 Å². The number of rotatable bonds is 2. The normalized spacial score (nSPS) is 27.3. The van der Waals surface area contributed by atoms with Crippen molar-refractivity contribution < 1.29 is 52.3 Å². The van der Waals surface area contributed by atoms with Crippen molar-refractivity contribution in [3.8, 4) is 5.75 Å². The smallest absolute Gasteiger partial charge is 0.394 e. The van der Waals surface area contributed by atoms with E-state index < -0.39 is 74.2 Å². The number of nitrogens with two attached hydrogens (primary N) is 2. The summed E-state index contributed by atoms with van der Waals surface area (Å²) in [6.07, 6.45) is 0.285. The summed E-state index contributed by atoms with van der Waals surface area (Å²) in [7, 11) is -1.56. The SMILES string of the molecule is CN(C)[C@@H]1C(=O)C(C(N)=O)=C(O)[C@@]2(O)C(=O)C3=C(O)c4c(O)c(N)cc(I)c4CC3CC12.O=S(=O)(O)O. The van der Waals surface area contributed by atoms with E-state index in [0.717, 1.165) is 0 Å². The molecule has 202 valence electrons. The van der Waals surface area contributed by atoms with Crippen molar-refractivity contribution in [2.24, 2.45) is 17.6 Å². The Balaban J connectivity index is 0.000000695. The number of fused-ring (bicyclic) bond motifs is 3. The van der Waals surface area contributed by atoms with Gasteiger partial charge >= 0.3 is 10.4 Å². The fraction of sp³-hybridized carbons (Fsp3) is 0.381. The van der Waals surface area contributed by atoms with Crippen LogP contribution >= 0.6 is 22.6 Å². The van der Waals surface area contributed by atoms with Crippen molar-refractivity contribution in [3.63, 3.8) is 0 Å². The fourth-order valence-corrected chi connectivity index (χ4v) is 6.11. The highest BCUT2D eigenvalue weighted by molar-refractivity contribution is 14.1. The van der Waals surface area contributed by atoms with Gasteiger partial charge in [-0.05, 0) is 67.1 Å². The number of nitrogen functional groups attached to an aromatic ring is 1. The highest BCUT2D eigenvalue weighted by Crippen LogP contribution is 2.53. The molecule has 14 nitrogen and oxygen atoms in total. The summed E-state index contributed by atoms with van der Waals surface area (Å²) >= 11 is 2.02. The lowest BCUT2D eigenvalue weighted by Crippen LogP contribution is -2.65. The van der Waals surface area contributed by atoms with Crippen LogP contribution in [-0.2, 0) is 31.2 Å². The molecule has 0 radical (unpaired) electrons. The van der Waals surface area contributed by atoms with Gasteiger partial charge < -0.3 is 31.9 Å². The van der Waals surface area contributed by atoms with Crippen LogP contribution in [0.3, 0.4) is 0 Å². The minimum absolute atomic E-state index is 0.00768. The molecule has 37 heavy (non-hydrogen) atoms. The van der Waals surface area contributed by atoms with E-state index in [9.17, 15) is 34.8 Å². The van der Waals surface area contributed by atoms with Crippen molar-refractivity contribution in [1.29, 1.82) is 0 Å². The molecule has 3 aliphatic carbocycles. The number of halogens is 1. The Morgan fingerprint density at radius 1 is 1.19 bits per heavy atom. The molecule has 0 spiro atoms. The highest BCUT2D eigenvalue weighted by Gasteiger charge is 2.64. The van der Waals surface area contributed by atoms with E-state index in [0.29, 0.717) is 9.13 Å². The van der Waals surface area contributed by atoms with E-state index in [1.807, 2.05) is 22.6 Å². The number of likely N-dealkylation sites (N-methyl/N-ethyl adjacent to an activating group) is 1. The Morgan fingerprint density at radius 3 is 2.22 bits per heavy atom. The van der Waals surface area contributed by atoms with Gasteiger partial charge in [0.2, 0.25) is 5.78 Å². The number of ketones is 2. The number of hydrogen-bond donors (Lipinski definition) is 8. The molecule has 4 rings (SSSR count). The molecule has 3 aliphatic rings. The highest BCUT2D eigenvalue weighted by atomic mass is 127. The van der Waals surface area contributed by atoms with Crippen LogP contribution in [0.15, 0.2) is 23.0 Å². The molecule has 1 saturated carbocycles. The third kappa shape index (κ3) is 4.68. The number of amides is 1. The van der Waals surface area contributed by atoms with Crippen molar-refractivity contribution >= 4 is 61.9 Å². The van der Waals surface area contributed by atoms with Crippen LogP contribution in [0.1, 0.15) is 17.5 Å². The zero-order chi connectivity index (χ0) is 28.4. The molecule has 1 amide bonds. The number of aromatic hydroxyl groups is 1. The van der Waals surface area contributed by atoms with Crippen LogP contribution < -0.4 is 11.5 Å². The van der Waals surface area contributed by atoms with Crippen molar-refractivity contribution in [3.05, 3.63) is 37.7 Å². The van der Waals surface area contributed by atoms with Crippen LogP contribution in [-0.4, -0.2) is 86.1 Å². The predicted molar refractivity (Wildman–Crippen MR) is 136 cm³/mol. The van der Waals surface area contributed by atoms with Gasteiger partial charge in [0.15, 0.2) is 11.4 Å². The van der Waals surface area contributed by atoms with Crippen molar-refractivity contribution in [2.75, 3.05) is 19.8 Å². The number of carbonyl (C=O) groups excluding carboxylic acids is 3. The van der Waals surface area contributed by atoms with Crippen molar-refractivity contribution in [2.45, 2.75) is 24.5 Å². The molecule has 0 saturated heterocycles. The Kier molecular flexibility index (Phi) is 7.41. The molecule has 16 heteroatoms. The summed E-state index contributed by atoms with van der Waals surface area (Å²) < 4.78 is 32.3. The summed E-state index contributed by atoms with van der Waals surface area (Å²) in [5.41, 5.74) is 8.00. The maximum absolute atomic E-state index is 13.6. The molecule has 1 fully saturated rings. The summed E-state index contributed by atoms with van der Waals surface area (Å²) in [6.45, 7) is 0. The topological polar surface area (TPSA) is 262 Å². The molecule has 0 aliphatic heterocycles. The van der Waals surface area contributed by atoms with E-state index in [-0.39, 0.29) is 29.7 Å². The van der Waals surface area contributed by atoms with Gasteiger partial charge in [0.1, 0.15) is 22.8 Å². The van der Waals surface area contributed by atoms with Crippen LogP contribution in [0.25, 0.3) is 5.76 Å². The van der Waals surface area contributed by atoms with Gasteiger partial charge in [-0.3, -0.25) is 28.4 Å². The third-order valence-corrected chi connectivity index (χ3v) is 7.66. The van der Waals surface area contributed by atoms with E-state index in [1.165, 1.54) is 4.90 Å². The molecule has 2 unspecified atom stereocenters.